The summed E-state index contributed by atoms with van der Waals surface area (Å²) in [5.41, 5.74) is -0.857. The summed E-state index contributed by atoms with van der Waals surface area (Å²) in [6.45, 7) is 2.51. The second kappa shape index (κ2) is 2.97. The second-order valence-electron chi connectivity index (χ2n) is 4.06. The number of rotatable bonds is 0. The molecule has 0 aromatic heterocycles. The van der Waals surface area contributed by atoms with Crippen molar-refractivity contribution in [3.8, 4) is 0 Å². The Balaban J connectivity index is 2.72. The average molecular weight is 218 g/mol. The number of benzene rings is 1. The highest BCUT2D eigenvalue weighted by Gasteiger charge is 2.48. The van der Waals surface area contributed by atoms with Gasteiger partial charge in [0.2, 0.25) is 0 Å². The summed E-state index contributed by atoms with van der Waals surface area (Å²) in [5, 5.41) is 0. The zero-order valence-electron chi connectivity index (χ0n) is 8.37. The zero-order chi connectivity index (χ0) is 11.4. The predicted octanol–water partition coefficient (Wildman–Crippen LogP) is 3.56. The highest BCUT2D eigenvalue weighted by atomic mass is 19.3. The first-order chi connectivity index (χ1) is 6.85. The summed E-state index contributed by atoms with van der Waals surface area (Å²) in [6.07, 6.45) is 0.0243. The van der Waals surface area contributed by atoms with Crippen molar-refractivity contribution in [2.75, 3.05) is 0 Å². The SMILES string of the molecule is Cc1c(F)cc2c(c1F)C(F)(F)C(C)C2. The molecule has 0 nitrogen and oxygen atoms in total. The monoisotopic (exact) mass is 218 g/mol. The fourth-order valence-electron chi connectivity index (χ4n) is 1.99. The molecule has 0 amide bonds. The number of hydrogen-bond donors (Lipinski definition) is 0. The van der Waals surface area contributed by atoms with Crippen molar-refractivity contribution in [2.24, 2.45) is 5.92 Å². The lowest BCUT2D eigenvalue weighted by Gasteiger charge is -2.16. The van der Waals surface area contributed by atoms with Crippen molar-refractivity contribution in [2.45, 2.75) is 26.2 Å². The molecular formula is C11H10F4. The van der Waals surface area contributed by atoms with Crippen LogP contribution in [0.2, 0.25) is 0 Å². The molecular weight excluding hydrogens is 208 g/mol. The Morgan fingerprint density at radius 2 is 1.93 bits per heavy atom. The van der Waals surface area contributed by atoms with Crippen LogP contribution in [-0.4, -0.2) is 0 Å². The van der Waals surface area contributed by atoms with Crippen LogP contribution in [0.5, 0.6) is 0 Å². The lowest BCUT2D eigenvalue weighted by molar-refractivity contribution is -0.0478. The maximum atomic E-state index is 13.5. The number of hydrogen-bond acceptors (Lipinski definition) is 0. The van der Waals surface area contributed by atoms with E-state index in [-0.39, 0.29) is 17.5 Å². The Kier molecular flexibility index (Phi) is 2.07. The fraction of sp³-hybridized carbons (Fsp3) is 0.455. The van der Waals surface area contributed by atoms with Crippen molar-refractivity contribution in [1.29, 1.82) is 0 Å². The van der Waals surface area contributed by atoms with Crippen molar-refractivity contribution >= 4 is 0 Å². The van der Waals surface area contributed by atoms with E-state index >= 15 is 0 Å². The summed E-state index contributed by atoms with van der Waals surface area (Å²) in [7, 11) is 0. The van der Waals surface area contributed by atoms with E-state index in [4.69, 9.17) is 0 Å². The van der Waals surface area contributed by atoms with Gasteiger partial charge in [-0.1, -0.05) is 6.92 Å². The molecule has 1 unspecified atom stereocenters. The fourth-order valence-corrected chi connectivity index (χ4v) is 1.99. The molecule has 0 aliphatic heterocycles. The van der Waals surface area contributed by atoms with Crippen LogP contribution in [0.4, 0.5) is 17.6 Å². The van der Waals surface area contributed by atoms with Crippen LogP contribution in [0.1, 0.15) is 23.6 Å². The third-order valence-electron chi connectivity index (χ3n) is 3.01. The van der Waals surface area contributed by atoms with E-state index in [1.165, 1.54) is 13.8 Å². The maximum absolute atomic E-state index is 13.5. The van der Waals surface area contributed by atoms with Crippen molar-refractivity contribution in [3.63, 3.8) is 0 Å². The van der Waals surface area contributed by atoms with Gasteiger partial charge in [0.05, 0.1) is 5.56 Å². The van der Waals surface area contributed by atoms with E-state index in [0.29, 0.717) is 0 Å². The highest BCUT2D eigenvalue weighted by molar-refractivity contribution is 5.41. The highest BCUT2D eigenvalue weighted by Crippen LogP contribution is 2.47. The van der Waals surface area contributed by atoms with Crippen LogP contribution in [0.25, 0.3) is 0 Å². The Bertz CT molecular complexity index is 423. The molecule has 0 spiro atoms. The molecule has 1 aromatic rings. The van der Waals surface area contributed by atoms with Crippen molar-refractivity contribution in [3.05, 3.63) is 34.4 Å². The smallest absolute Gasteiger partial charge is 0.207 e. The molecule has 0 fully saturated rings. The molecule has 4 heteroatoms. The van der Waals surface area contributed by atoms with E-state index < -0.39 is 29.0 Å². The Morgan fingerprint density at radius 1 is 1.33 bits per heavy atom. The van der Waals surface area contributed by atoms with E-state index in [9.17, 15) is 17.6 Å². The standard InChI is InChI=1S/C11H10F4/c1-5-3-7-4-8(12)6(2)10(13)9(7)11(5,14)15/h4-5H,3H2,1-2H3. The third-order valence-corrected chi connectivity index (χ3v) is 3.01. The van der Waals surface area contributed by atoms with Gasteiger partial charge in [0.25, 0.3) is 5.92 Å². The molecule has 0 radical (unpaired) electrons. The van der Waals surface area contributed by atoms with Gasteiger partial charge in [-0.3, -0.25) is 0 Å². The number of alkyl halides is 2. The summed E-state index contributed by atoms with van der Waals surface area (Å²) in [4.78, 5) is 0. The van der Waals surface area contributed by atoms with Crippen LogP contribution in [0.3, 0.4) is 0 Å². The molecule has 1 aliphatic rings. The first-order valence-electron chi connectivity index (χ1n) is 4.71. The van der Waals surface area contributed by atoms with Crippen LogP contribution < -0.4 is 0 Å². The normalized spacial score (nSPS) is 22.9. The van der Waals surface area contributed by atoms with E-state index in [1.807, 2.05) is 0 Å². The van der Waals surface area contributed by atoms with E-state index in [0.717, 1.165) is 6.07 Å². The quantitative estimate of drug-likeness (QED) is 0.584. The lowest BCUT2D eigenvalue weighted by Crippen LogP contribution is -2.19. The molecule has 82 valence electrons. The van der Waals surface area contributed by atoms with E-state index in [1.54, 1.807) is 0 Å². The molecule has 1 aromatic carbocycles. The van der Waals surface area contributed by atoms with Crippen molar-refractivity contribution in [1.82, 2.24) is 0 Å². The molecule has 1 aliphatic carbocycles. The van der Waals surface area contributed by atoms with Gasteiger partial charge in [-0.05, 0) is 25.0 Å². The van der Waals surface area contributed by atoms with Gasteiger partial charge in [0, 0.05) is 11.5 Å². The predicted molar refractivity (Wildman–Crippen MR) is 47.9 cm³/mol. The zero-order valence-corrected chi connectivity index (χ0v) is 8.37. The van der Waals surface area contributed by atoms with Crippen molar-refractivity contribution < 1.29 is 17.6 Å². The van der Waals surface area contributed by atoms with Crippen LogP contribution in [0, 0.1) is 24.5 Å². The number of fused-ring (bicyclic) bond motifs is 1. The first-order valence-corrected chi connectivity index (χ1v) is 4.71. The molecule has 0 saturated carbocycles. The lowest BCUT2D eigenvalue weighted by atomic mass is 10.0. The number of halogens is 4. The van der Waals surface area contributed by atoms with Gasteiger partial charge in [-0.15, -0.1) is 0 Å². The van der Waals surface area contributed by atoms with Crippen LogP contribution in [-0.2, 0) is 12.3 Å². The van der Waals surface area contributed by atoms with E-state index in [2.05, 4.69) is 0 Å². The molecule has 1 atom stereocenters. The summed E-state index contributed by atoms with van der Waals surface area (Å²) in [6, 6.07) is 1.02. The summed E-state index contributed by atoms with van der Waals surface area (Å²) >= 11 is 0. The minimum atomic E-state index is -3.18. The average Bonchev–Trinajstić information content (AvgIpc) is 2.34. The van der Waals surface area contributed by atoms with Gasteiger partial charge in [-0.2, -0.15) is 0 Å². The topological polar surface area (TPSA) is 0 Å². The minimum Gasteiger partial charge on any atom is -0.207 e. The maximum Gasteiger partial charge on any atom is 0.279 e. The first kappa shape index (κ1) is 10.5. The Morgan fingerprint density at radius 3 is 2.53 bits per heavy atom. The largest absolute Gasteiger partial charge is 0.279 e. The van der Waals surface area contributed by atoms with Gasteiger partial charge < -0.3 is 0 Å². The van der Waals surface area contributed by atoms with Gasteiger partial charge in [0.1, 0.15) is 11.6 Å². The molecule has 0 N–H and O–H groups in total. The molecule has 15 heavy (non-hydrogen) atoms. The van der Waals surface area contributed by atoms with Crippen LogP contribution in [0.15, 0.2) is 6.07 Å². The Labute approximate surface area is 84.9 Å². The second-order valence-corrected chi connectivity index (χ2v) is 4.06. The van der Waals surface area contributed by atoms with Crippen LogP contribution >= 0.6 is 0 Å². The van der Waals surface area contributed by atoms with Gasteiger partial charge in [-0.25, -0.2) is 17.6 Å². The summed E-state index contributed by atoms with van der Waals surface area (Å²) in [5.74, 6) is -6.00. The summed E-state index contributed by atoms with van der Waals surface area (Å²) < 4.78 is 53.7. The molecule has 0 saturated heterocycles. The van der Waals surface area contributed by atoms with Gasteiger partial charge in [0.15, 0.2) is 0 Å². The third kappa shape index (κ3) is 1.27. The molecule has 2 rings (SSSR count). The molecule has 0 bridgehead atoms. The van der Waals surface area contributed by atoms with Gasteiger partial charge >= 0.3 is 0 Å². The minimum absolute atomic E-state index is 0.0243. The molecule has 0 heterocycles. The Hall–Kier alpha value is -1.06.